The Morgan fingerprint density at radius 3 is 2.74 bits per heavy atom. The molecular formula is C25H39N3O3. The van der Waals surface area contributed by atoms with Crippen LogP contribution >= 0.6 is 0 Å². The lowest BCUT2D eigenvalue weighted by Gasteiger charge is -2.27. The summed E-state index contributed by atoms with van der Waals surface area (Å²) in [5, 5.41) is 6.21. The highest BCUT2D eigenvalue weighted by molar-refractivity contribution is 5.78. The van der Waals surface area contributed by atoms with E-state index in [1.165, 1.54) is 12.8 Å². The molecule has 1 aliphatic carbocycles. The zero-order valence-corrected chi connectivity index (χ0v) is 19.3. The molecule has 31 heavy (non-hydrogen) atoms. The van der Waals surface area contributed by atoms with Crippen molar-refractivity contribution in [3.05, 3.63) is 29.3 Å². The van der Waals surface area contributed by atoms with Gasteiger partial charge in [-0.05, 0) is 64.0 Å². The van der Waals surface area contributed by atoms with Gasteiger partial charge in [0, 0.05) is 37.2 Å². The number of carbonyl (C=O) groups is 2. The quantitative estimate of drug-likeness (QED) is 0.751. The summed E-state index contributed by atoms with van der Waals surface area (Å²) in [7, 11) is 0. The Hall–Kier alpha value is -2.08. The molecule has 6 heteroatoms. The van der Waals surface area contributed by atoms with Crippen molar-refractivity contribution in [2.75, 3.05) is 19.7 Å². The summed E-state index contributed by atoms with van der Waals surface area (Å²) in [4.78, 5) is 26.9. The molecule has 1 aliphatic heterocycles. The SMILES string of the molecule is CC(C)N1CC(=O)NCCCCCOc2ccc(CCC(=O)NC3CCCC3)cc2C1. The number of hydrogen-bond donors (Lipinski definition) is 2. The van der Waals surface area contributed by atoms with Crippen molar-refractivity contribution in [1.82, 2.24) is 15.5 Å². The molecule has 0 unspecified atom stereocenters. The number of ether oxygens (including phenoxy) is 1. The molecule has 0 bridgehead atoms. The van der Waals surface area contributed by atoms with Crippen molar-refractivity contribution in [2.45, 2.75) is 90.3 Å². The lowest BCUT2D eigenvalue weighted by molar-refractivity contribution is -0.123. The average molecular weight is 430 g/mol. The largest absolute Gasteiger partial charge is 0.493 e. The number of carbonyl (C=O) groups excluding carboxylic acids is 2. The van der Waals surface area contributed by atoms with Crippen LogP contribution in [0.25, 0.3) is 0 Å². The van der Waals surface area contributed by atoms with Crippen molar-refractivity contribution in [3.63, 3.8) is 0 Å². The predicted molar refractivity (Wildman–Crippen MR) is 123 cm³/mol. The molecule has 1 aromatic carbocycles. The van der Waals surface area contributed by atoms with Gasteiger partial charge in [0.2, 0.25) is 11.8 Å². The van der Waals surface area contributed by atoms with Crippen LogP contribution < -0.4 is 15.4 Å². The molecule has 172 valence electrons. The molecule has 0 atom stereocenters. The van der Waals surface area contributed by atoms with Gasteiger partial charge in [-0.25, -0.2) is 0 Å². The number of amides is 2. The number of nitrogens with zero attached hydrogens (tertiary/aromatic N) is 1. The molecule has 0 saturated heterocycles. The highest BCUT2D eigenvalue weighted by atomic mass is 16.5. The maximum Gasteiger partial charge on any atom is 0.234 e. The number of benzene rings is 1. The first-order valence-electron chi connectivity index (χ1n) is 12.1. The molecule has 1 saturated carbocycles. The van der Waals surface area contributed by atoms with Gasteiger partial charge in [-0.3, -0.25) is 14.5 Å². The van der Waals surface area contributed by atoms with E-state index in [9.17, 15) is 9.59 Å². The number of aryl methyl sites for hydroxylation is 1. The molecular weight excluding hydrogens is 390 g/mol. The van der Waals surface area contributed by atoms with E-state index in [1.54, 1.807) is 0 Å². The van der Waals surface area contributed by atoms with Crippen molar-refractivity contribution >= 4 is 11.8 Å². The van der Waals surface area contributed by atoms with Crippen LogP contribution in [0.5, 0.6) is 5.75 Å². The zero-order chi connectivity index (χ0) is 22.1. The summed E-state index contributed by atoms with van der Waals surface area (Å²) in [6.07, 6.45) is 8.89. The maximum absolute atomic E-state index is 12.4. The summed E-state index contributed by atoms with van der Waals surface area (Å²) in [5.41, 5.74) is 2.23. The molecule has 2 amide bonds. The van der Waals surface area contributed by atoms with Crippen LogP contribution in [0, 0.1) is 0 Å². The minimum Gasteiger partial charge on any atom is -0.493 e. The fraction of sp³-hybridized carbons (Fsp3) is 0.680. The highest BCUT2D eigenvalue weighted by Crippen LogP contribution is 2.24. The van der Waals surface area contributed by atoms with Crippen LogP contribution in [0.3, 0.4) is 0 Å². The first-order valence-corrected chi connectivity index (χ1v) is 12.1. The van der Waals surface area contributed by atoms with Crippen LogP contribution in [-0.2, 0) is 22.6 Å². The normalized spacial score (nSPS) is 19.5. The van der Waals surface area contributed by atoms with Gasteiger partial charge in [0.25, 0.3) is 0 Å². The third kappa shape index (κ3) is 7.84. The predicted octanol–water partition coefficient (Wildman–Crippen LogP) is 3.57. The van der Waals surface area contributed by atoms with Gasteiger partial charge >= 0.3 is 0 Å². The molecule has 0 radical (unpaired) electrons. The first-order chi connectivity index (χ1) is 15.0. The summed E-state index contributed by atoms with van der Waals surface area (Å²) in [5.74, 6) is 1.12. The third-order valence-corrected chi connectivity index (χ3v) is 6.34. The highest BCUT2D eigenvalue weighted by Gasteiger charge is 2.19. The molecule has 2 N–H and O–H groups in total. The van der Waals surface area contributed by atoms with Gasteiger partial charge in [0.1, 0.15) is 5.75 Å². The average Bonchev–Trinajstić information content (AvgIpc) is 3.24. The molecule has 0 spiro atoms. The van der Waals surface area contributed by atoms with E-state index in [0.717, 1.165) is 55.5 Å². The smallest absolute Gasteiger partial charge is 0.234 e. The van der Waals surface area contributed by atoms with E-state index in [4.69, 9.17) is 4.74 Å². The van der Waals surface area contributed by atoms with Gasteiger partial charge in [0.05, 0.1) is 13.2 Å². The molecule has 3 rings (SSSR count). The molecule has 0 aromatic heterocycles. The van der Waals surface area contributed by atoms with Crippen molar-refractivity contribution in [2.24, 2.45) is 0 Å². The lowest BCUT2D eigenvalue weighted by Crippen LogP contribution is -2.40. The van der Waals surface area contributed by atoms with Crippen LogP contribution in [0.2, 0.25) is 0 Å². The van der Waals surface area contributed by atoms with Crippen LogP contribution in [0.4, 0.5) is 0 Å². The number of nitrogens with one attached hydrogen (secondary N) is 2. The van der Waals surface area contributed by atoms with Gasteiger partial charge in [0.15, 0.2) is 0 Å². The van der Waals surface area contributed by atoms with E-state index >= 15 is 0 Å². The minimum absolute atomic E-state index is 0.0788. The van der Waals surface area contributed by atoms with Crippen LogP contribution in [0.15, 0.2) is 18.2 Å². The number of fused-ring (bicyclic) bond motifs is 1. The Kier molecular flexibility index (Phi) is 9.19. The summed E-state index contributed by atoms with van der Waals surface area (Å²) >= 11 is 0. The van der Waals surface area contributed by atoms with Crippen LogP contribution in [0.1, 0.15) is 76.3 Å². The fourth-order valence-corrected chi connectivity index (χ4v) is 4.37. The van der Waals surface area contributed by atoms with E-state index in [2.05, 4.69) is 41.5 Å². The summed E-state index contributed by atoms with van der Waals surface area (Å²) < 4.78 is 6.11. The summed E-state index contributed by atoms with van der Waals surface area (Å²) in [6, 6.07) is 6.88. The van der Waals surface area contributed by atoms with Crippen LogP contribution in [-0.4, -0.2) is 48.5 Å². The van der Waals surface area contributed by atoms with E-state index in [0.29, 0.717) is 38.6 Å². The minimum atomic E-state index is 0.0788. The number of hydrogen-bond acceptors (Lipinski definition) is 4. The van der Waals surface area contributed by atoms with Gasteiger partial charge in [-0.15, -0.1) is 0 Å². The molecule has 1 fully saturated rings. The third-order valence-electron chi connectivity index (χ3n) is 6.34. The van der Waals surface area contributed by atoms with E-state index in [1.807, 2.05) is 6.07 Å². The number of rotatable bonds is 5. The standard InChI is InChI=1S/C25H39N3O3/c1-19(2)28-17-21-16-20(11-13-24(29)27-22-8-4-5-9-22)10-12-23(21)31-15-7-3-6-14-26-25(30)18-28/h10,12,16,19,22H,3-9,11,13-15,17-18H2,1-2H3,(H,26,30)(H,27,29). The van der Waals surface area contributed by atoms with Gasteiger partial charge < -0.3 is 15.4 Å². The second kappa shape index (κ2) is 12.1. The van der Waals surface area contributed by atoms with Crippen molar-refractivity contribution in [3.8, 4) is 5.75 Å². The monoisotopic (exact) mass is 429 g/mol. The Bertz CT molecular complexity index is 729. The fourth-order valence-electron chi connectivity index (χ4n) is 4.37. The van der Waals surface area contributed by atoms with Gasteiger partial charge in [-0.1, -0.05) is 25.0 Å². The molecule has 6 nitrogen and oxygen atoms in total. The van der Waals surface area contributed by atoms with Gasteiger partial charge in [-0.2, -0.15) is 0 Å². The zero-order valence-electron chi connectivity index (χ0n) is 19.3. The topological polar surface area (TPSA) is 70.7 Å². The second-order valence-corrected chi connectivity index (χ2v) is 9.25. The Balaban J connectivity index is 1.68. The van der Waals surface area contributed by atoms with Crippen molar-refractivity contribution < 1.29 is 14.3 Å². The Labute approximate surface area is 187 Å². The Morgan fingerprint density at radius 2 is 1.97 bits per heavy atom. The maximum atomic E-state index is 12.4. The Morgan fingerprint density at radius 1 is 1.16 bits per heavy atom. The van der Waals surface area contributed by atoms with E-state index in [-0.39, 0.29) is 17.9 Å². The lowest BCUT2D eigenvalue weighted by atomic mass is 10.0. The molecule has 1 aromatic rings. The molecule has 1 heterocycles. The van der Waals surface area contributed by atoms with Crippen molar-refractivity contribution in [1.29, 1.82) is 0 Å². The first kappa shape index (κ1) is 23.6. The summed E-state index contributed by atoms with van der Waals surface area (Å²) in [6.45, 7) is 6.68. The van der Waals surface area contributed by atoms with E-state index < -0.39 is 0 Å². The second-order valence-electron chi connectivity index (χ2n) is 9.25. The molecule has 2 aliphatic rings.